The van der Waals surface area contributed by atoms with Crippen molar-refractivity contribution in [3.63, 3.8) is 0 Å². The van der Waals surface area contributed by atoms with Gasteiger partial charge in [-0.2, -0.15) is 0 Å². The Hall–Kier alpha value is -3.40. The number of fused-ring (bicyclic) bond motifs is 3. The topological polar surface area (TPSA) is 18.5 Å². The summed E-state index contributed by atoms with van der Waals surface area (Å²) < 4.78 is 12.8. The molecule has 2 nitrogen and oxygen atoms in total. The first-order chi connectivity index (χ1) is 16.8. The van der Waals surface area contributed by atoms with Crippen molar-refractivity contribution < 1.29 is 9.31 Å². The fraction of sp³-hybridized carbons (Fsp3) is 0.188. The molecule has 1 heterocycles. The van der Waals surface area contributed by atoms with E-state index in [9.17, 15) is 0 Å². The lowest BCUT2D eigenvalue weighted by atomic mass is 9.77. The maximum atomic E-state index is 6.39. The van der Waals surface area contributed by atoms with Crippen LogP contribution < -0.4 is 5.46 Å². The zero-order valence-electron chi connectivity index (χ0n) is 20.7. The first-order valence-corrected chi connectivity index (χ1v) is 12.3. The summed E-state index contributed by atoms with van der Waals surface area (Å²) in [6.07, 6.45) is 0. The van der Waals surface area contributed by atoms with Crippen molar-refractivity contribution in [1.82, 2.24) is 0 Å². The second kappa shape index (κ2) is 8.08. The molecule has 0 aromatic heterocycles. The van der Waals surface area contributed by atoms with Crippen molar-refractivity contribution in [2.75, 3.05) is 0 Å². The van der Waals surface area contributed by atoms with E-state index in [-0.39, 0.29) is 18.3 Å². The molecule has 35 heavy (non-hydrogen) atoms. The summed E-state index contributed by atoms with van der Waals surface area (Å²) in [5.74, 6) is 0. The third kappa shape index (κ3) is 3.76. The monoisotopic (exact) mass is 456 g/mol. The molecule has 0 saturated carbocycles. The van der Waals surface area contributed by atoms with Crippen LogP contribution in [0.4, 0.5) is 0 Å². The Morgan fingerprint density at radius 1 is 0.514 bits per heavy atom. The van der Waals surface area contributed by atoms with Crippen LogP contribution in [0.5, 0.6) is 0 Å². The van der Waals surface area contributed by atoms with Crippen LogP contribution in [-0.2, 0) is 9.31 Å². The lowest BCUT2D eigenvalue weighted by molar-refractivity contribution is 0.00578. The second-order valence-electron chi connectivity index (χ2n) is 10.5. The Balaban J connectivity index is 1.55. The first kappa shape index (κ1) is 22.1. The van der Waals surface area contributed by atoms with E-state index in [0.29, 0.717) is 0 Å². The highest BCUT2D eigenvalue weighted by Crippen LogP contribution is 2.39. The quantitative estimate of drug-likeness (QED) is 0.205. The minimum atomic E-state index is -0.389. The first-order valence-electron chi connectivity index (χ1n) is 12.3. The van der Waals surface area contributed by atoms with Gasteiger partial charge in [0, 0.05) is 0 Å². The second-order valence-corrected chi connectivity index (χ2v) is 10.5. The molecule has 0 N–H and O–H groups in total. The summed E-state index contributed by atoms with van der Waals surface area (Å²) in [4.78, 5) is 0. The SMILES string of the molecule is CC1(C)OB(c2ccc3c(c2)c(-c2cccc(-c4ccccc4)c2)cc2ccccc23)OC1(C)C. The van der Waals surface area contributed by atoms with Crippen molar-refractivity contribution in [3.05, 3.63) is 103 Å². The van der Waals surface area contributed by atoms with E-state index in [1.165, 1.54) is 43.8 Å². The molecule has 3 heteroatoms. The Morgan fingerprint density at radius 3 is 1.94 bits per heavy atom. The van der Waals surface area contributed by atoms with E-state index < -0.39 is 0 Å². The molecule has 1 fully saturated rings. The molecule has 6 rings (SSSR count). The van der Waals surface area contributed by atoms with Gasteiger partial charge < -0.3 is 9.31 Å². The summed E-state index contributed by atoms with van der Waals surface area (Å²) in [5.41, 5.74) is 5.16. The summed E-state index contributed by atoms with van der Waals surface area (Å²) in [5, 5.41) is 4.94. The highest BCUT2D eigenvalue weighted by molar-refractivity contribution is 6.62. The van der Waals surface area contributed by atoms with Gasteiger partial charge in [0.05, 0.1) is 11.2 Å². The maximum absolute atomic E-state index is 6.39. The molecule has 1 aliphatic rings. The van der Waals surface area contributed by atoms with Gasteiger partial charge in [0.2, 0.25) is 0 Å². The van der Waals surface area contributed by atoms with E-state index >= 15 is 0 Å². The molecular weight excluding hydrogens is 427 g/mol. The van der Waals surface area contributed by atoms with Gasteiger partial charge in [0.25, 0.3) is 0 Å². The predicted molar refractivity (Wildman–Crippen MR) is 148 cm³/mol. The van der Waals surface area contributed by atoms with Crippen molar-refractivity contribution in [2.24, 2.45) is 0 Å². The van der Waals surface area contributed by atoms with Gasteiger partial charge in [0.1, 0.15) is 0 Å². The Bertz CT molecular complexity index is 1540. The average Bonchev–Trinajstić information content (AvgIpc) is 3.10. The molecule has 1 aliphatic heterocycles. The fourth-order valence-electron chi connectivity index (χ4n) is 4.98. The minimum Gasteiger partial charge on any atom is -0.399 e. The Kier molecular flexibility index (Phi) is 5.10. The lowest BCUT2D eigenvalue weighted by Gasteiger charge is -2.32. The zero-order valence-corrected chi connectivity index (χ0v) is 20.7. The standard InChI is InChI=1S/C32H29BO2/c1-31(2)32(3,4)35-33(34-31)26-17-18-28-27-16-9-8-13-25(27)20-29(30(28)21-26)24-15-10-14-23(19-24)22-11-6-5-7-12-22/h5-21H,1-4H3. The van der Waals surface area contributed by atoms with Crippen LogP contribution in [0.15, 0.2) is 103 Å². The van der Waals surface area contributed by atoms with E-state index in [0.717, 1.165) is 5.46 Å². The zero-order chi connectivity index (χ0) is 24.2. The van der Waals surface area contributed by atoms with Crippen LogP contribution in [0.1, 0.15) is 27.7 Å². The van der Waals surface area contributed by atoms with Crippen molar-refractivity contribution in [2.45, 2.75) is 38.9 Å². The van der Waals surface area contributed by atoms with Crippen LogP contribution in [-0.4, -0.2) is 18.3 Å². The highest BCUT2D eigenvalue weighted by atomic mass is 16.7. The van der Waals surface area contributed by atoms with Gasteiger partial charge in [-0.3, -0.25) is 0 Å². The van der Waals surface area contributed by atoms with Gasteiger partial charge in [-0.25, -0.2) is 0 Å². The molecule has 5 aromatic rings. The highest BCUT2D eigenvalue weighted by Gasteiger charge is 2.51. The van der Waals surface area contributed by atoms with Crippen LogP contribution >= 0.6 is 0 Å². The molecule has 5 aromatic carbocycles. The van der Waals surface area contributed by atoms with Gasteiger partial charge in [-0.1, -0.05) is 91.0 Å². The third-order valence-corrected chi connectivity index (χ3v) is 7.69. The number of hydrogen-bond acceptors (Lipinski definition) is 2. The summed E-state index contributed by atoms with van der Waals surface area (Å²) in [6.45, 7) is 8.40. The largest absolute Gasteiger partial charge is 0.494 e. The van der Waals surface area contributed by atoms with Crippen molar-refractivity contribution >= 4 is 34.1 Å². The molecule has 0 spiro atoms. The maximum Gasteiger partial charge on any atom is 0.494 e. The fourth-order valence-corrected chi connectivity index (χ4v) is 4.98. The van der Waals surface area contributed by atoms with Gasteiger partial charge >= 0.3 is 7.12 Å². The lowest BCUT2D eigenvalue weighted by Crippen LogP contribution is -2.41. The third-order valence-electron chi connectivity index (χ3n) is 7.69. The Labute approximate surface area is 207 Å². The summed E-state index contributed by atoms with van der Waals surface area (Å²) >= 11 is 0. The number of rotatable bonds is 3. The number of hydrogen-bond donors (Lipinski definition) is 0. The molecule has 0 amide bonds. The molecule has 0 bridgehead atoms. The van der Waals surface area contributed by atoms with E-state index in [2.05, 4.69) is 131 Å². The van der Waals surface area contributed by atoms with E-state index in [1.807, 2.05) is 0 Å². The van der Waals surface area contributed by atoms with E-state index in [1.54, 1.807) is 0 Å². The molecule has 0 unspecified atom stereocenters. The molecule has 1 saturated heterocycles. The van der Waals surface area contributed by atoms with Crippen LogP contribution in [0.2, 0.25) is 0 Å². The van der Waals surface area contributed by atoms with Crippen LogP contribution in [0.3, 0.4) is 0 Å². The molecule has 0 atom stereocenters. The van der Waals surface area contributed by atoms with Gasteiger partial charge in [-0.15, -0.1) is 0 Å². The van der Waals surface area contributed by atoms with Gasteiger partial charge in [-0.05, 0) is 89.1 Å². The van der Waals surface area contributed by atoms with Crippen LogP contribution in [0.25, 0.3) is 43.8 Å². The molecule has 0 radical (unpaired) electrons. The molecule has 0 aliphatic carbocycles. The number of benzene rings is 5. The molecule has 172 valence electrons. The minimum absolute atomic E-state index is 0.372. The van der Waals surface area contributed by atoms with E-state index in [4.69, 9.17) is 9.31 Å². The van der Waals surface area contributed by atoms with Crippen molar-refractivity contribution in [1.29, 1.82) is 0 Å². The Morgan fingerprint density at radius 2 is 1.17 bits per heavy atom. The molecular formula is C32H29BO2. The smallest absolute Gasteiger partial charge is 0.399 e. The van der Waals surface area contributed by atoms with Crippen LogP contribution in [0, 0.1) is 0 Å². The summed E-state index contributed by atoms with van der Waals surface area (Å²) in [6, 6.07) is 37.0. The van der Waals surface area contributed by atoms with Crippen molar-refractivity contribution in [3.8, 4) is 22.3 Å². The average molecular weight is 456 g/mol. The predicted octanol–water partition coefficient (Wildman–Crippen LogP) is 7.63. The normalized spacial score (nSPS) is 16.7. The summed E-state index contributed by atoms with van der Waals surface area (Å²) in [7, 11) is -0.389. The van der Waals surface area contributed by atoms with Gasteiger partial charge in [0.15, 0.2) is 0 Å².